The molecule has 0 amide bonds. The second-order valence-electron chi connectivity index (χ2n) is 4.80. The Hall–Kier alpha value is -2.62. The highest BCUT2D eigenvalue weighted by Crippen LogP contribution is 2.25. The highest BCUT2D eigenvalue weighted by molar-refractivity contribution is 5.80. The highest BCUT2D eigenvalue weighted by Gasteiger charge is 2.25. The van der Waals surface area contributed by atoms with Gasteiger partial charge in [0.15, 0.2) is 0 Å². The van der Waals surface area contributed by atoms with Gasteiger partial charge in [-0.2, -0.15) is 0 Å². The van der Waals surface area contributed by atoms with Gasteiger partial charge in [0.05, 0.1) is 11.9 Å². The molecule has 0 aliphatic rings. The third-order valence-corrected chi connectivity index (χ3v) is 3.36. The van der Waals surface area contributed by atoms with Gasteiger partial charge in [-0.15, -0.1) is 0 Å². The van der Waals surface area contributed by atoms with E-state index in [0.717, 1.165) is 16.8 Å². The van der Waals surface area contributed by atoms with Crippen LogP contribution < -0.4 is 0 Å². The summed E-state index contributed by atoms with van der Waals surface area (Å²) in [5, 5.41) is 9.59. The molecule has 100 valence electrons. The monoisotopic (exact) mass is 266 g/mol. The smallest absolute Gasteiger partial charge is 0.317 e. The van der Waals surface area contributed by atoms with Gasteiger partial charge in [-0.25, -0.2) is 4.98 Å². The molecular weight excluding hydrogens is 252 g/mol. The van der Waals surface area contributed by atoms with Crippen molar-refractivity contribution >= 4 is 11.6 Å². The molecule has 2 aromatic heterocycles. The van der Waals surface area contributed by atoms with E-state index in [2.05, 4.69) is 4.98 Å². The number of fused-ring (bicyclic) bond motifs is 1. The molecule has 3 aromatic rings. The Balaban J connectivity index is 2.20. The highest BCUT2D eigenvalue weighted by atomic mass is 16.4. The van der Waals surface area contributed by atoms with Gasteiger partial charge in [0.1, 0.15) is 11.6 Å². The van der Waals surface area contributed by atoms with E-state index in [1.807, 2.05) is 60.0 Å². The zero-order valence-corrected chi connectivity index (χ0v) is 11.0. The second-order valence-corrected chi connectivity index (χ2v) is 4.80. The van der Waals surface area contributed by atoms with Crippen molar-refractivity contribution in [3.8, 4) is 0 Å². The number of carboxylic acid groups (broad SMARTS) is 1. The first-order valence-corrected chi connectivity index (χ1v) is 6.38. The SMILES string of the molecule is Cc1ccc2ncc(C(C(=O)O)c3ccccc3)n2c1. The molecule has 0 fully saturated rings. The molecule has 4 heteroatoms. The van der Waals surface area contributed by atoms with Gasteiger partial charge in [-0.3, -0.25) is 4.79 Å². The molecule has 2 heterocycles. The van der Waals surface area contributed by atoms with E-state index in [1.165, 1.54) is 0 Å². The predicted molar refractivity (Wildman–Crippen MR) is 75.8 cm³/mol. The van der Waals surface area contributed by atoms with Crippen LogP contribution in [-0.4, -0.2) is 20.5 Å². The van der Waals surface area contributed by atoms with E-state index in [9.17, 15) is 9.90 Å². The van der Waals surface area contributed by atoms with Crippen molar-refractivity contribution in [2.75, 3.05) is 0 Å². The molecule has 0 radical (unpaired) electrons. The molecule has 4 nitrogen and oxygen atoms in total. The van der Waals surface area contributed by atoms with Crippen LogP contribution in [0.15, 0.2) is 54.9 Å². The van der Waals surface area contributed by atoms with Gasteiger partial charge in [0, 0.05) is 6.20 Å². The molecule has 1 aromatic carbocycles. The molecular formula is C16H14N2O2. The number of aliphatic carboxylic acids is 1. The summed E-state index contributed by atoms with van der Waals surface area (Å²) < 4.78 is 1.85. The fourth-order valence-corrected chi connectivity index (χ4v) is 2.40. The summed E-state index contributed by atoms with van der Waals surface area (Å²) in [5.74, 6) is -1.59. The summed E-state index contributed by atoms with van der Waals surface area (Å²) in [5.41, 5.74) is 3.24. The lowest BCUT2D eigenvalue weighted by Crippen LogP contribution is -2.15. The number of benzene rings is 1. The summed E-state index contributed by atoms with van der Waals surface area (Å²) in [7, 11) is 0. The maximum atomic E-state index is 11.7. The number of pyridine rings is 1. The number of nitrogens with zero attached hydrogens (tertiary/aromatic N) is 2. The molecule has 1 N–H and O–H groups in total. The van der Waals surface area contributed by atoms with Crippen LogP contribution in [0, 0.1) is 6.92 Å². The summed E-state index contributed by atoms with van der Waals surface area (Å²) in [6.07, 6.45) is 3.55. The Morgan fingerprint density at radius 1 is 1.20 bits per heavy atom. The lowest BCUT2D eigenvalue weighted by atomic mass is 9.96. The molecule has 0 saturated heterocycles. The number of rotatable bonds is 3. The fourth-order valence-electron chi connectivity index (χ4n) is 2.40. The minimum Gasteiger partial charge on any atom is -0.480 e. The zero-order valence-electron chi connectivity index (χ0n) is 11.0. The fraction of sp³-hybridized carbons (Fsp3) is 0.125. The molecule has 3 rings (SSSR count). The number of carboxylic acids is 1. The van der Waals surface area contributed by atoms with Gasteiger partial charge in [0.25, 0.3) is 0 Å². The van der Waals surface area contributed by atoms with E-state index in [1.54, 1.807) is 6.20 Å². The molecule has 0 aliphatic carbocycles. The van der Waals surface area contributed by atoms with E-state index in [4.69, 9.17) is 0 Å². The number of carbonyl (C=O) groups is 1. The summed E-state index contributed by atoms with van der Waals surface area (Å²) in [4.78, 5) is 16.0. The van der Waals surface area contributed by atoms with Gasteiger partial charge in [-0.1, -0.05) is 36.4 Å². The molecule has 0 aliphatic heterocycles. The molecule has 20 heavy (non-hydrogen) atoms. The Bertz CT molecular complexity index is 763. The Kier molecular flexibility index (Phi) is 2.99. The third kappa shape index (κ3) is 2.05. The average Bonchev–Trinajstić information content (AvgIpc) is 2.83. The second kappa shape index (κ2) is 4.81. The molecule has 0 bridgehead atoms. The Morgan fingerprint density at radius 2 is 1.95 bits per heavy atom. The summed E-state index contributed by atoms with van der Waals surface area (Å²) in [6, 6.07) is 13.1. The van der Waals surface area contributed by atoms with Crippen LogP contribution in [0.1, 0.15) is 22.7 Å². The minimum absolute atomic E-state index is 0.669. The van der Waals surface area contributed by atoms with Crippen molar-refractivity contribution in [3.05, 3.63) is 71.7 Å². The molecule has 0 spiro atoms. The first-order valence-electron chi connectivity index (χ1n) is 6.38. The van der Waals surface area contributed by atoms with Crippen LogP contribution in [0.4, 0.5) is 0 Å². The number of aryl methyl sites for hydroxylation is 1. The van der Waals surface area contributed by atoms with Crippen LogP contribution in [-0.2, 0) is 4.79 Å². The van der Waals surface area contributed by atoms with Crippen molar-refractivity contribution < 1.29 is 9.90 Å². The number of imidazole rings is 1. The minimum atomic E-state index is -0.875. The van der Waals surface area contributed by atoms with Gasteiger partial charge in [-0.05, 0) is 24.1 Å². The van der Waals surface area contributed by atoms with Crippen molar-refractivity contribution in [3.63, 3.8) is 0 Å². The first kappa shape index (κ1) is 12.4. The standard InChI is InChI=1S/C16H14N2O2/c1-11-7-8-14-17-9-13(18(14)10-11)15(16(19)20)12-5-3-2-4-6-12/h2-10,15H,1H3,(H,19,20). The first-order chi connectivity index (χ1) is 9.66. The zero-order chi connectivity index (χ0) is 14.1. The quantitative estimate of drug-likeness (QED) is 0.793. The summed E-state index contributed by atoms with van der Waals surface area (Å²) >= 11 is 0. The number of aromatic nitrogens is 2. The topological polar surface area (TPSA) is 54.6 Å². The molecule has 1 atom stereocenters. The van der Waals surface area contributed by atoms with Crippen molar-refractivity contribution in [1.29, 1.82) is 0 Å². The largest absolute Gasteiger partial charge is 0.480 e. The lowest BCUT2D eigenvalue weighted by Gasteiger charge is -2.12. The lowest BCUT2D eigenvalue weighted by molar-refractivity contribution is -0.137. The van der Waals surface area contributed by atoms with Gasteiger partial charge < -0.3 is 9.51 Å². The maximum Gasteiger partial charge on any atom is 0.317 e. The molecule has 0 saturated carbocycles. The van der Waals surface area contributed by atoms with Crippen molar-refractivity contribution in [2.24, 2.45) is 0 Å². The van der Waals surface area contributed by atoms with Crippen LogP contribution >= 0.6 is 0 Å². The van der Waals surface area contributed by atoms with E-state index < -0.39 is 11.9 Å². The van der Waals surface area contributed by atoms with Crippen LogP contribution in [0.3, 0.4) is 0 Å². The maximum absolute atomic E-state index is 11.7. The third-order valence-electron chi connectivity index (χ3n) is 3.36. The van der Waals surface area contributed by atoms with E-state index >= 15 is 0 Å². The Morgan fingerprint density at radius 3 is 2.65 bits per heavy atom. The van der Waals surface area contributed by atoms with Crippen molar-refractivity contribution in [1.82, 2.24) is 9.38 Å². The Labute approximate surface area is 116 Å². The average molecular weight is 266 g/mol. The number of hydrogen-bond acceptors (Lipinski definition) is 2. The predicted octanol–water partition coefficient (Wildman–Crippen LogP) is 2.86. The van der Waals surface area contributed by atoms with Crippen LogP contribution in [0.25, 0.3) is 5.65 Å². The normalized spacial score (nSPS) is 12.4. The van der Waals surface area contributed by atoms with Gasteiger partial charge in [0.2, 0.25) is 0 Å². The number of hydrogen-bond donors (Lipinski definition) is 1. The van der Waals surface area contributed by atoms with E-state index in [0.29, 0.717) is 5.69 Å². The summed E-state index contributed by atoms with van der Waals surface area (Å²) in [6.45, 7) is 1.97. The van der Waals surface area contributed by atoms with Crippen LogP contribution in [0.5, 0.6) is 0 Å². The van der Waals surface area contributed by atoms with Gasteiger partial charge >= 0.3 is 5.97 Å². The van der Waals surface area contributed by atoms with Crippen molar-refractivity contribution in [2.45, 2.75) is 12.8 Å². The molecule has 1 unspecified atom stereocenters. The van der Waals surface area contributed by atoms with E-state index in [-0.39, 0.29) is 0 Å². The van der Waals surface area contributed by atoms with Crippen LogP contribution in [0.2, 0.25) is 0 Å².